The zero-order chi connectivity index (χ0) is 21.4. The summed E-state index contributed by atoms with van der Waals surface area (Å²) in [7, 11) is 0. The Bertz CT molecular complexity index is 1060. The van der Waals surface area contributed by atoms with Crippen molar-refractivity contribution >= 4 is 22.8 Å². The molecule has 30 heavy (non-hydrogen) atoms. The largest absolute Gasteiger partial charge is 0.433 e. The first-order chi connectivity index (χ1) is 14.3. The maximum absolute atomic E-state index is 13.3. The first-order valence-corrected chi connectivity index (χ1v) is 9.49. The number of fused-ring (bicyclic) bond motifs is 1. The molecule has 0 radical (unpaired) electrons. The van der Waals surface area contributed by atoms with E-state index in [0.29, 0.717) is 42.6 Å². The van der Waals surface area contributed by atoms with Gasteiger partial charge in [-0.15, -0.1) is 0 Å². The first-order valence-electron chi connectivity index (χ1n) is 9.49. The number of alkyl halides is 3. The van der Waals surface area contributed by atoms with Crippen molar-refractivity contribution in [1.82, 2.24) is 19.9 Å². The van der Waals surface area contributed by atoms with Crippen LogP contribution in [0, 0.1) is 0 Å². The summed E-state index contributed by atoms with van der Waals surface area (Å²) in [4.78, 5) is 19.1. The Kier molecular flexibility index (Phi) is 5.19. The molecule has 0 aromatic carbocycles. The van der Waals surface area contributed by atoms with E-state index in [1.165, 1.54) is 12.1 Å². The second kappa shape index (κ2) is 7.67. The van der Waals surface area contributed by atoms with Crippen LogP contribution in [0.5, 0.6) is 0 Å². The fourth-order valence-corrected chi connectivity index (χ4v) is 3.45. The van der Waals surface area contributed by atoms with Crippen LogP contribution in [0.4, 0.5) is 24.9 Å². The zero-order valence-electron chi connectivity index (χ0n) is 16.6. The molecule has 0 amide bonds. The molecular formula is C20H21F3N6O. The maximum atomic E-state index is 13.3. The molecule has 1 N–H and O–H groups in total. The summed E-state index contributed by atoms with van der Waals surface area (Å²) in [6.45, 7) is 5.62. The molecule has 4 heterocycles. The van der Waals surface area contributed by atoms with Gasteiger partial charge in [0.2, 0.25) is 5.95 Å². The molecule has 0 spiro atoms. The van der Waals surface area contributed by atoms with Crippen LogP contribution in [0.15, 0.2) is 36.7 Å². The zero-order valence-corrected chi connectivity index (χ0v) is 16.6. The second-order valence-electron chi connectivity index (χ2n) is 7.63. The number of aromatic nitrogens is 4. The highest BCUT2D eigenvalue weighted by atomic mass is 19.4. The number of anilines is 2. The van der Waals surface area contributed by atoms with Gasteiger partial charge in [-0.3, -0.25) is 4.98 Å². The van der Waals surface area contributed by atoms with Crippen LogP contribution in [0.3, 0.4) is 0 Å². The number of rotatable bonds is 4. The maximum Gasteiger partial charge on any atom is 0.433 e. The van der Waals surface area contributed by atoms with Crippen molar-refractivity contribution in [3.63, 3.8) is 0 Å². The van der Waals surface area contributed by atoms with Gasteiger partial charge in [0.15, 0.2) is 5.65 Å². The van der Waals surface area contributed by atoms with Gasteiger partial charge in [-0.25, -0.2) is 4.98 Å². The van der Waals surface area contributed by atoms with Crippen molar-refractivity contribution in [2.75, 3.05) is 30.0 Å². The SMILES string of the molecule is CC1(C)COCCN1c1nc(NCc2cccnc2C(F)(F)F)c2cccnc2n1. The van der Waals surface area contributed by atoms with E-state index in [-0.39, 0.29) is 17.6 Å². The molecule has 0 aliphatic carbocycles. The third-order valence-corrected chi connectivity index (χ3v) is 4.95. The number of hydrogen-bond acceptors (Lipinski definition) is 7. The lowest BCUT2D eigenvalue weighted by molar-refractivity contribution is -0.141. The normalized spacial score (nSPS) is 16.6. The molecule has 1 saturated heterocycles. The van der Waals surface area contributed by atoms with Gasteiger partial charge < -0.3 is 15.0 Å². The number of nitrogens with one attached hydrogen (secondary N) is 1. The highest BCUT2D eigenvalue weighted by molar-refractivity contribution is 5.87. The van der Waals surface area contributed by atoms with Gasteiger partial charge in [-0.1, -0.05) is 6.07 Å². The van der Waals surface area contributed by atoms with Crippen molar-refractivity contribution in [3.05, 3.63) is 47.9 Å². The number of halogens is 3. The van der Waals surface area contributed by atoms with Crippen molar-refractivity contribution in [3.8, 4) is 0 Å². The van der Waals surface area contributed by atoms with Gasteiger partial charge >= 0.3 is 6.18 Å². The average Bonchev–Trinajstić information content (AvgIpc) is 2.71. The summed E-state index contributed by atoms with van der Waals surface area (Å²) < 4.78 is 45.4. The highest BCUT2D eigenvalue weighted by Gasteiger charge is 2.35. The van der Waals surface area contributed by atoms with E-state index in [9.17, 15) is 13.2 Å². The number of pyridine rings is 2. The Morgan fingerprint density at radius 2 is 1.90 bits per heavy atom. The second-order valence-corrected chi connectivity index (χ2v) is 7.63. The lowest BCUT2D eigenvalue weighted by Crippen LogP contribution is -2.53. The molecule has 158 valence electrons. The molecule has 0 unspecified atom stereocenters. The van der Waals surface area contributed by atoms with Crippen LogP contribution >= 0.6 is 0 Å². The quantitative estimate of drug-likeness (QED) is 0.693. The van der Waals surface area contributed by atoms with Crippen LogP contribution in [-0.4, -0.2) is 45.2 Å². The van der Waals surface area contributed by atoms with Crippen molar-refractivity contribution < 1.29 is 17.9 Å². The van der Waals surface area contributed by atoms with Crippen LogP contribution < -0.4 is 10.2 Å². The van der Waals surface area contributed by atoms with Crippen molar-refractivity contribution in [1.29, 1.82) is 0 Å². The summed E-state index contributed by atoms with van der Waals surface area (Å²) in [5.74, 6) is 0.876. The topological polar surface area (TPSA) is 76.1 Å². The van der Waals surface area contributed by atoms with Gasteiger partial charge in [0.25, 0.3) is 0 Å². The molecule has 0 saturated carbocycles. The molecule has 10 heteroatoms. The third-order valence-electron chi connectivity index (χ3n) is 4.95. The predicted octanol–water partition coefficient (Wildman–Crippen LogP) is 3.67. The molecule has 3 aromatic heterocycles. The Balaban J connectivity index is 1.71. The minimum atomic E-state index is -4.53. The Morgan fingerprint density at radius 1 is 1.13 bits per heavy atom. The molecular weight excluding hydrogens is 397 g/mol. The standard InChI is InChI=1S/C20H21F3N6O/c1-19(2)12-30-10-9-29(19)18-27-16-14(6-4-8-25-16)17(28-18)26-11-13-5-3-7-24-15(13)20(21,22)23/h3-8H,9-12H2,1-2H3,(H,25,26,27,28). The van der Waals surface area contributed by atoms with E-state index < -0.39 is 11.9 Å². The molecule has 1 aliphatic heterocycles. The van der Waals surface area contributed by atoms with Crippen LogP contribution in [0.2, 0.25) is 0 Å². The lowest BCUT2D eigenvalue weighted by Gasteiger charge is -2.42. The molecule has 4 rings (SSSR count). The number of ether oxygens (including phenoxy) is 1. The summed E-state index contributed by atoms with van der Waals surface area (Å²) in [6, 6.07) is 6.40. The molecule has 7 nitrogen and oxygen atoms in total. The van der Waals surface area contributed by atoms with E-state index in [0.717, 1.165) is 6.20 Å². The van der Waals surface area contributed by atoms with Crippen LogP contribution in [-0.2, 0) is 17.5 Å². The first kappa shape index (κ1) is 20.3. The summed E-state index contributed by atoms with van der Waals surface area (Å²) in [5, 5.41) is 3.66. The van der Waals surface area contributed by atoms with Crippen LogP contribution in [0.1, 0.15) is 25.1 Å². The van der Waals surface area contributed by atoms with Crippen molar-refractivity contribution in [2.45, 2.75) is 32.1 Å². The van der Waals surface area contributed by atoms with Crippen LogP contribution in [0.25, 0.3) is 11.0 Å². The Labute approximate surface area is 171 Å². The number of hydrogen-bond donors (Lipinski definition) is 1. The third kappa shape index (κ3) is 4.00. The van der Waals surface area contributed by atoms with Gasteiger partial charge in [0, 0.05) is 31.0 Å². The predicted molar refractivity (Wildman–Crippen MR) is 106 cm³/mol. The van der Waals surface area contributed by atoms with E-state index in [1.807, 2.05) is 18.7 Å². The van der Waals surface area contributed by atoms with Gasteiger partial charge in [-0.05, 0) is 32.0 Å². The molecule has 1 fully saturated rings. The summed E-state index contributed by atoms with van der Waals surface area (Å²) >= 11 is 0. The van der Waals surface area contributed by atoms with Gasteiger partial charge in [-0.2, -0.15) is 23.1 Å². The minimum absolute atomic E-state index is 0.0360. The molecule has 3 aromatic rings. The average molecular weight is 418 g/mol. The summed E-state index contributed by atoms with van der Waals surface area (Å²) in [5.41, 5.74) is -0.739. The van der Waals surface area contributed by atoms with Gasteiger partial charge in [0.1, 0.15) is 11.5 Å². The number of morpholine rings is 1. The van der Waals surface area contributed by atoms with E-state index >= 15 is 0 Å². The highest BCUT2D eigenvalue weighted by Crippen LogP contribution is 2.31. The minimum Gasteiger partial charge on any atom is -0.377 e. The van der Waals surface area contributed by atoms with Gasteiger partial charge in [0.05, 0.1) is 24.1 Å². The Morgan fingerprint density at radius 3 is 2.67 bits per heavy atom. The molecule has 0 atom stereocenters. The molecule has 1 aliphatic rings. The van der Waals surface area contributed by atoms with E-state index in [2.05, 4.69) is 25.3 Å². The smallest absolute Gasteiger partial charge is 0.377 e. The monoisotopic (exact) mass is 418 g/mol. The number of nitrogens with zero attached hydrogens (tertiary/aromatic N) is 5. The fraction of sp³-hybridized carbons (Fsp3) is 0.400. The van der Waals surface area contributed by atoms with E-state index in [4.69, 9.17) is 4.74 Å². The fourth-order valence-electron chi connectivity index (χ4n) is 3.45. The van der Waals surface area contributed by atoms with Crippen molar-refractivity contribution in [2.24, 2.45) is 0 Å². The molecule has 0 bridgehead atoms. The lowest BCUT2D eigenvalue weighted by atomic mass is 10.0. The Hall–Kier alpha value is -3.01. The summed E-state index contributed by atoms with van der Waals surface area (Å²) in [6.07, 6.45) is -1.78. The van der Waals surface area contributed by atoms with E-state index in [1.54, 1.807) is 18.3 Å².